The van der Waals surface area contributed by atoms with Crippen LogP contribution in [-0.4, -0.2) is 69.1 Å². The van der Waals surface area contributed by atoms with E-state index in [1.165, 1.54) is 0 Å². The zero-order valence-electron chi connectivity index (χ0n) is 18.1. The third-order valence-electron chi connectivity index (χ3n) is 5.47. The van der Waals surface area contributed by atoms with Crippen molar-refractivity contribution < 1.29 is 9.53 Å². The molecular formula is C20H33BrN6O2. The molecule has 9 heteroatoms. The number of aromatic nitrogens is 2. The highest BCUT2D eigenvalue weighted by molar-refractivity contribution is 9.15. The third-order valence-corrected chi connectivity index (χ3v) is 6.17. The lowest BCUT2D eigenvalue weighted by atomic mass is 10.1. The number of nitrogen functional groups attached to an aromatic ring is 1. The standard InChI is InChI=1S/C20H33BrN6O2/c1-6-26(14-8-7-11-25(13-14)19(28)29-20(2,3)4)24(5)17-10-9-15(21)18-16(22)12-23-27(17)18/h9,12,14,17H,6-8,10-11,13,22H2,1-5H3. The van der Waals surface area contributed by atoms with Crippen molar-refractivity contribution in [2.45, 2.75) is 64.8 Å². The summed E-state index contributed by atoms with van der Waals surface area (Å²) in [4.78, 5) is 14.4. The molecule has 3 rings (SSSR count). The van der Waals surface area contributed by atoms with E-state index in [0.29, 0.717) is 12.2 Å². The van der Waals surface area contributed by atoms with E-state index in [9.17, 15) is 4.79 Å². The predicted molar refractivity (Wildman–Crippen MR) is 118 cm³/mol. The van der Waals surface area contributed by atoms with Gasteiger partial charge < -0.3 is 15.4 Å². The van der Waals surface area contributed by atoms with Crippen molar-refractivity contribution in [1.29, 1.82) is 0 Å². The first-order valence-electron chi connectivity index (χ1n) is 10.3. The SMILES string of the molecule is CCN(C1CCCN(C(=O)OC(C)(C)C)C1)N(C)C1CC=C(Br)c2c(N)cnn21. The van der Waals surface area contributed by atoms with Gasteiger partial charge in [0.1, 0.15) is 11.8 Å². The van der Waals surface area contributed by atoms with Crippen LogP contribution in [0, 0.1) is 0 Å². The van der Waals surface area contributed by atoms with Gasteiger partial charge >= 0.3 is 6.09 Å². The van der Waals surface area contributed by atoms with Gasteiger partial charge in [0.05, 0.1) is 17.6 Å². The first-order chi connectivity index (χ1) is 13.6. The van der Waals surface area contributed by atoms with Crippen LogP contribution < -0.4 is 5.73 Å². The van der Waals surface area contributed by atoms with Crippen LogP contribution in [0.25, 0.3) is 4.48 Å². The third kappa shape index (κ3) is 4.78. The number of likely N-dealkylation sites (tertiary alicyclic amines) is 1. The summed E-state index contributed by atoms with van der Waals surface area (Å²) in [5, 5.41) is 9.11. The number of piperidine rings is 1. The lowest BCUT2D eigenvalue weighted by molar-refractivity contribution is -0.108. The Hall–Kier alpha value is -1.58. The van der Waals surface area contributed by atoms with E-state index in [4.69, 9.17) is 10.5 Å². The average Bonchev–Trinajstić information content (AvgIpc) is 3.04. The highest BCUT2D eigenvalue weighted by Crippen LogP contribution is 2.37. The molecular weight excluding hydrogens is 436 g/mol. The van der Waals surface area contributed by atoms with Gasteiger partial charge in [-0.3, -0.25) is 0 Å². The lowest BCUT2D eigenvalue weighted by Gasteiger charge is -2.45. The van der Waals surface area contributed by atoms with Crippen LogP contribution in [0.15, 0.2) is 12.3 Å². The van der Waals surface area contributed by atoms with Crippen molar-refractivity contribution >= 4 is 32.2 Å². The van der Waals surface area contributed by atoms with Crippen LogP contribution >= 0.6 is 15.9 Å². The number of hydrogen-bond acceptors (Lipinski definition) is 6. The first-order valence-corrected chi connectivity index (χ1v) is 11.1. The van der Waals surface area contributed by atoms with Gasteiger partial charge in [0.2, 0.25) is 0 Å². The molecule has 1 aromatic heterocycles. The van der Waals surface area contributed by atoms with Crippen LogP contribution in [0.3, 0.4) is 0 Å². The quantitative estimate of drug-likeness (QED) is 0.678. The fourth-order valence-corrected chi connectivity index (χ4v) is 4.76. The number of hydrogen-bond donors (Lipinski definition) is 1. The van der Waals surface area contributed by atoms with Gasteiger partial charge in [-0.25, -0.2) is 19.5 Å². The summed E-state index contributed by atoms with van der Waals surface area (Å²) in [6.07, 6.45) is 6.49. The molecule has 0 aromatic carbocycles. The largest absolute Gasteiger partial charge is 0.444 e. The second-order valence-corrected chi connectivity index (χ2v) is 9.57. The Bertz CT molecular complexity index is 772. The van der Waals surface area contributed by atoms with E-state index < -0.39 is 5.60 Å². The molecule has 0 saturated carbocycles. The summed E-state index contributed by atoms with van der Waals surface area (Å²) in [5.41, 5.74) is 7.23. The van der Waals surface area contributed by atoms with Gasteiger partial charge in [0.25, 0.3) is 0 Å². The minimum atomic E-state index is -0.483. The number of halogens is 1. The number of rotatable bonds is 4. The normalized spacial score (nSPS) is 22.6. The number of amides is 1. The Morgan fingerprint density at radius 2 is 2.17 bits per heavy atom. The number of fused-ring (bicyclic) bond motifs is 1. The first kappa shape index (κ1) is 22.1. The van der Waals surface area contributed by atoms with Crippen LogP contribution in [0.1, 0.15) is 58.8 Å². The highest BCUT2D eigenvalue weighted by atomic mass is 79.9. The van der Waals surface area contributed by atoms with E-state index in [2.05, 4.69) is 51.1 Å². The van der Waals surface area contributed by atoms with Crippen LogP contribution in [0.5, 0.6) is 0 Å². The Balaban J connectivity index is 1.74. The number of likely N-dealkylation sites (N-methyl/N-ethyl adjacent to an activating group) is 1. The van der Waals surface area contributed by atoms with Gasteiger partial charge in [-0.15, -0.1) is 0 Å². The van der Waals surface area contributed by atoms with Gasteiger partial charge in [0, 0.05) is 43.6 Å². The smallest absolute Gasteiger partial charge is 0.410 e. The fraction of sp³-hybridized carbons (Fsp3) is 0.700. The van der Waals surface area contributed by atoms with E-state index in [1.807, 2.05) is 30.4 Å². The van der Waals surface area contributed by atoms with E-state index in [-0.39, 0.29) is 18.3 Å². The molecule has 0 aliphatic carbocycles. The molecule has 1 aromatic rings. The van der Waals surface area contributed by atoms with E-state index in [1.54, 1.807) is 6.20 Å². The second kappa shape index (κ2) is 8.65. The van der Waals surface area contributed by atoms with Crippen LogP contribution in [-0.2, 0) is 4.74 Å². The zero-order chi connectivity index (χ0) is 21.3. The molecule has 3 heterocycles. The molecule has 2 N–H and O–H groups in total. The maximum Gasteiger partial charge on any atom is 0.410 e. The molecule has 0 spiro atoms. The number of anilines is 1. The summed E-state index contributed by atoms with van der Waals surface area (Å²) in [6.45, 7) is 10.1. The number of ether oxygens (including phenoxy) is 1. The molecule has 1 fully saturated rings. The molecule has 2 aliphatic rings. The second-order valence-electron chi connectivity index (χ2n) is 8.71. The molecule has 0 radical (unpaired) electrons. The van der Waals surface area contributed by atoms with Gasteiger partial charge in [-0.1, -0.05) is 13.0 Å². The number of carbonyl (C=O) groups excluding carboxylic acids is 1. The molecule has 29 heavy (non-hydrogen) atoms. The number of nitrogens with two attached hydrogens (primary N) is 1. The van der Waals surface area contributed by atoms with Crippen LogP contribution in [0.4, 0.5) is 10.5 Å². The predicted octanol–water partition coefficient (Wildman–Crippen LogP) is 3.67. The molecule has 2 aliphatic heterocycles. The van der Waals surface area contributed by atoms with Crippen molar-refractivity contribution in [2.75, 3.05) is 32.4 Å². The van der Waals surface area contributed by atoms with Crippen molar-refractivity contribution in [3.05, 3.63) is 18.0 Å². The molecule has 2 atom stereocenters. The zero-order valence-corrected chi connectivity index (χ0v) is 19.6. The number of nitrogens with zero attached hydrogens (tertiary/aromatic N) is 5. The van der Waals surface area contributed by atoms with Crippen molar-refractivity contribution in [3.8, 4) is 0 Å². The summed E-state index contributed by atoms with van der Waals surface area (Å²) >= 11 is 3.60. The van der Waals surface area contributed by atoms with Crippen molar-refractivity contribution in [2.24, 2.45) is 0 Å². The molecule has 2 unspecified atom stereocenters. The molecule has 1 amide bonds. The minimum Gasteiger partial charge on any atom is -0.444 e. The lowest BCUT2D eigenvalue weighted by Crippen LogP contribution is -2.56. The van der Waals surface area contributed by atoms with Crippen molar-refractivity contribution in [3.63, 3.8) is 0 Å². The van der Waals surface area contributed by atoms with Gasteiger partial charge in [-0.05, 0) is 49.5 Å². The van der Waals surface area contributed by atoms with E-state index >= 15 is 0 Å². The Kier molecular flexibility index (Phi) is 6.60. The molecule has 162 valence electrons. The Morgan fingerprint density at radius 1 is 1.45 bits per heavy atom. The molecule has 1 saturated heterocycles. The summed E-state index contributed by atoms with van der Waals surface area (Å²) in [7, 11) is 2.09. The maximum atomic E-state index is 12.6. The number of carbonyl (C=O) groups is 1. The minimum absolute atomic E-state index is 0.0421. The molecule has 0 bridgehead atoms. The van der Waals surface area contributed by atoms with Gasteiger partial charge in [0.15, 0.2) is 0 Å². The fourth-order valence-electron chi connectivity index (χ4n) is 4.17. The Labute approximate surface area is 181 Å². The van der Waals surface area contributed by atoms with Crippen molar-refractivity contribution in [1.82, 2.24) is 24.7 Å². The summed E-state index contributed by atoms with van der Waals surface area (Å²) in [5.74, 6) is 0. The average molecular weight is 469 g/mol. The van der Waals surface area contributed by atoms with Crippen LogP contribution in [0.2, 0.25) is 0 Å². The highest BCUT2D eigenvalue weighted by Gasteiger charge is 2.35. The summed E-state index contributed by atoms with van der Waals surface area (Å²) in [6, 6.07) is 0.233. The van der Waals surface area contributed by atoms with E-state index in [0.717, 1.165) is 42.5 Å². The van der Waals surface area contributed by atoms with Gasteiger partial charge in [-0.2, -0.15) is 5.10 Å². The maximum absolute atomic E-state index is 12.6. The number of hydrazine groups is 1. The summed E-state index contributed by atoms with van der Waals surface area (Å²) < 4.78 is 8.55. The Morgan fingerprint density at radius 3 is 2.83 bits per heavy atom. The monoisotopic (exact) mass is 468 g/mol. The molecule has 8 nitrogen and oxygen atoms in total. The topological polar surface area (TPSA) is 79.9 Å².